The normalized spacial score (nSPS) is 25.8. The van der Waals surface area contributed by atoms with Gasteiger partial charge in [-0.25, -0.2) is 0 Å². The van der Waals surface area contributed by atoms with E-state index in [4.69, 9.17) is 5.11 Å². The Balaban J connectivity index is 0.000000224. The average Bonchev–Trinajstić information content (AvgIpc) is 3.66. The van der Waals surface area contributed by atoms with Gasteiger partial charge < -0.3 is 30.6 Å². The van der Waals surface area contributed by atoms with Gasteiger partial charge in [-0.05, 0) is 110 Å². The first-order valence-electron chi connectivity index (χ1n) is 26.7. The molecule has 4 aliphatic carbocycles. The van der Waals surface area contributed by atoms with E-state index in [-0.39, 0.29) is 17.2 Å². The minimum atomic E-state index is -0.922. The highest BCUT2D eigenvalue weighted by Crippen LogP contribution is 2.67. The number of rotatable bonds is 23. The van der Waals surface area contributed by atoms with Crippen LogP contribution in [0.3, 0.4) is 0 Å². The smallest absolute Gasteiger partial charge is 0.303 e. The Bertz CT molecular complexity index is 1790. The zero-order chi connectivity index (χ0) is 48.3. The topological polar surface area (TPSA) is 156 Å². The van der Waals surface area contributed by atoms with E-state index in [1.807, 2.05) is 0 Å². The van der Waals surface area contributed by atoms with Crippen LogP contribution in [-0.4, -0.2) is 48.5 Å². The van der Waals surface area contributed by atoms with Gasteiger partial charge in [-0.3, -0.25) is 9.59 Å². The summed E-state index contributed by atoms with van der Waals surface area (Å²) >= 11 is 0. The summed E-state index contributed by atoms with van der Waals surface area (Å²) in [5.41, 5.74) is 2.61. The second-order valence-electron chi connectivity index (χ2n) is 22.0. The van der Waals surface area contributed by atoms with Crippen LogP contribution < -0.4 is 0 Å². The number of carboxylic acid groups (broad SMARTS) is 1. The van der Waals surface area contributed by atoms with Crippen LogP contribution in [0, 0.1) is 46.3 Å². The first-order valence-corrected chi connectivity index (χ1v) is 26.7. The van der Waals surface area contributed by atoms with Gasteiger partial charge in [0.15, 0.2) is 17.3 Å². The van der Waals surface area contributed by atoms with Crippen LogP contribution in [0.1, 0.15) is 231 Å². The van der Waals surface area contributed by atoms with Crippen molar-refractivity contribution in [3.05, 3.63) is 59.2 Å². The predicted molar refractivity (Wildman–Crippen MR) is 269 cm³/mol. The molecule has 0 aliphatic heterocycles. The summed E-state index contributed by atoms with van der Waals surface area (Å²) in [5, 5.41) is 56.2. The SMILES string of the molecule is CC(C)CCC[C@@H](C)[C@H]1CC[C@H]2[C@@H]3CC=C4C[C@@H](O)CC[C@]4(C)[C@H]3CC[C@]12C.CCCCCCCCCCCCCCCCCC(=O)O.O=C(c1ccccc1)c1cc(O)c(O)c(O)c1O. The van der Waals surface area contributed by atoms with Crippen molar-refractivity contribution in [2.24, 2.45) is 46.3 Å². The summed E-state index contributed by atoms with van der Waals surface area (Å²) in [7, 11) is 0. The molecule has 3 fully saturated rings. The van der Waals surface area contributed by atoms with Crippen LogP contribution in [0.4, 0.5) is 0 Å². The number of ketones is 1. The van der Waals surface area contributed by atoms with Gasteiger partial charge >= 0.3 is 5.97 Å². The summed E-state index contributed by atoms with van der Waals surface area (Å²) in [5.74, 6) is 1.01. The summed E-state index contributed by atoms with van der Waals surface area (Å²) < 4.78 is 0. The van der Waals surface area contributed by atoms with Crippen LogP contribution in [-0.2, 0) is 4.79 Å². The number of hydrogen-bond acceptors (Lipinski definition) is 7. The molecule has 372 valence electrons. The standard InChI is InChI=1S/C27H46O.C18H36O2.C13H10O5/c1-18(2)7-6-8-19(3)23-11-12-24-22-10-9-20-17-21(28)13-15-26(20,4)25(22)14-16-27(23,24)5;1-2-3-4-5-6-7-8-9-10-11-12-13-14-15-16-17-18(19)20;14-9-6-8(11(16)13(18)12(9)17)10(15)7-4-2-1-3-5-7/h9,18-19,21-25,28H,6-8,10-17H2,1-5H3;2-17H2,1H3,(H,19,20);1-6,14,16-18H/t19-,21+,22+,23-,24+,25+,26+,27-;;/m1../s1. The Labute approximate surface area is 400 Å². The van der Waals surface area contributed by atoms with Crippen LogP contribution in [0.2, 0.25) is 0 Å². The molecule has 2 aromatic rings. The number of hydrogen-bond donors (Lipinski definition) is 6. The molecule has 0 unspecified atom stereocenters. The Hall–Kier alpha value is -3.52. The first kappa shape index (κ1) is 55.1. The second-order valence-corrected chi connectivity index (χ2v) is 22.0. The minimum absolute atomic E-state index is 0.0766. The number of allylic oxidation sites excluding steroid dienone is 1. The van der Waals surface area contributed by atoms with E-state index in [9.17, 15) is 35.1 Å². The highest BCUT2D eigenvalue weighted by molar-refractivity contribution is 6.11. The molecule has 0 heterocycles. The fourth-order valence-electron chi connectivity index (χ4n) is 12.9. The highest BCUT2D eigenvalue weighted by atomic mass is 16.4. The molecule has 8 atom stereocenters. The molecule has 8 nitrogen and oxygen atoms in total. The highest BCUT2D eigenvalue weighted by Gasteiger charge is 2.59. The van der Waals surface area contributed by atoms with Gasteiger partial charge in [0.2, 0.25) is 11.5 Å². The van der Waals surface area contributed by atoms with E-state index >= 15 is 0 Å². The van der Waals surface area contributed by atoms with Crippen molar-refractivity contribution in [2.45, 2.75) is 221 Å². The lowest BCUT2D eigenvalue weighted by Gasteiger charge is -2.58. The third kappa shape index (κ3) is 15.5. The number of benzene rings is 2. The Kier molecular flexibility index (Phi) is 22.9. The maximum atomic E-state index is 12.0. The van der Waals surface area contributed by atoms with Gasteiger partial charge in [0.1, 0.15) is 0 Å². The number of unbranched alkanes of at least 4 members (excludes halogenated alkanes) is 14. The molecule has 0 amide bonds. The molecule has 8 heteroatoms. The van der Waals surface area contributed by atoms with Gasteiger partial charge in [0.25, 0.3) is 0 Å². The fraction of sp³-hybridized carbons (Fsp3) is 0.724. The molecule has 0 bridgehead atoms. The summed E-state index contributed by atoms with van der Waals surface area (Å²) in [6.07, 6.45) is 37.4. The maximum absolute atomic E-state index is 12.0. The van der Waals surface area contributed by atoms with E-state index < -0.39 is 34.8 Å². The number of phenols is 4. The predicted octanol–water partition coefficient (Wildman–Crippen LogP) is 15.5. The minimum Gasteiger partial charge on any atom is -0.504 e. The zero-order valence-electron chi connectivity index (χ0n) is 42.2. The summed E-state index contributed by atoms with van der Waals surface area (Å²) in [6, 6.07) is 8.97. The molecule has 2 aromatic carbocycles. The summed E-state index contributed by atoms with van der Waals surface area (Å²) in [6.45, 7) is 14.8. The van der Waals surface area contributed by atoms with Crippen molar-refractivity contribution in [2.75, 3.05) is 0 Å². The number of carbonyl (C=O) groups excluding carboxylic acids is 1. The van der Waals surface area contributed by atoms with Crippen LogP contribution in [0.15, 0.2) is 48.0 Å². The van der Waals surface area contributed by atoms with E-state index in [0.717, 1.165) is 67.3 Å². The number of carbonyl (C=O) groups is 2. The molecule has 3 saturated carbocycles. The lowest BCUT2D eigenvalue weighted by atomic mass is 9.47. The number of phenolic OH excluding ortho intramolecular Hbond substituents is 4. The van der Waals surface area contributed by atoms with Crippen molar-refractivity contribution in [3.8, 4) is 23.0 Å². The molecule has 0 spiro atoms. The van der Waals surface area contributed by atoms with E-state index in [0.29, 0.717) is 17.3 Å². The van der Waals surface area contributed by atoms with Crippen molar-refractivity contribution in [1.82, 2.24) is 0 Å². The second kappa shape index (κ2) is 27.5. The van der Waals surface area contributed by atoms with E-state index in [2.05, 4.69) is 47.6 Å². The molecular weight excluding hydrogens is 825 g/mol. The number of fused-ring (bicyclic) bond motifs is 5. The van der Waals surface area contributed by atoms with Crippen molar-refractivity contribution < 1.29 is 40.2 Å². The fourth-order valence-corrected chi connectivity index (χ4v) is 12.9. The van der Waals surface area contributed by atoms with E-state index in [1.54, 1.807) is 23.8 Å². The van der Waals surface area contributed by atoms with Gasteiger partial charge in [0.05, 0.1) is 11.7 Å². The van der Waals surface area contributed by atoms with Crippen molar-refractivity contribution in [1.29, 1.82) is 0 Å². The van der Waals surface area contributed by atoms with Gasteiger partial charge in [-0.15, -0.1) is 0 Å². The van der Waals surface area contributed by atoms with Crippen LogP contribution >= 0.6 is 0 Å². The van der Waals surface area contributed by atoms with E-state index in [1.165, 1.54) is 153 Å². The third-order valence-electron chi connectivity index (χ3n) is 16.8. The van der Waals surface area contributed by atoms with Gasteiger partial charge in [-0.2, -0.15) is 0 Å². The average molecular weight is 917 g/mol. The zero-order valence-corrected chi connectivity index (χ0v) is 42.2. The Morgan fingerprint density at radius 1 is 0.682 bits per heavy atom. The number of aliphatic hydroxyl groups is 1. The molecule has 0 saturated heterocycles. The first-order chi connectivity index (χ1) is 31.5. The lowest BCUT2D eigenvalue weighted by Crippen LogP contribution is -2.50. The molecule has 0 aromatic heterocycles. The lowest BCUT2D eigenvalue weighted by molar-refractivity contribution is -0.137. The molecule has 0 radical (unpaired) electrons. The third-order valence-corrected chi connectivity index (χ3v) is 16.8. The Morgan fingerprint density at radius 2 is 1.27 bits per heavy atom. The van der Waals surface area contributed by atoms with Crippen LogP contribution in [0.5, 0.6) is 23.0 Å². The maximum Gasteiger partial charge on any atom is 0.303 e. The number of aliphatic hydroxyl groups excluding tert-OH is 1. The van der Waals surface area contributed by atoms with Gasteiger partial charge in [0, 0.05) is 12.0 Å². The molecule has 4 aliphatic rings. The Morgan fingerprint density at radius 3 is 1.85 bits per heavy atom. The monoisotopic (exact) mass is 917 g/mol. The molecule has 66 heavy (non-hydrogen) atoms. The number of carboxylic acids is 1. The summed E-state index contributed by atoms with van der Waals surface area (Å²) in [4.78, 5) is 22.4. The molecular formula is C58H92O8. The number of aromatic hydroxyl groups is 4. The number of aliphatic carboxylic acids is 1. The quantitative estimate of drug-likeness (QED) is 0.0212. The van der Waals surface area contributed by atoms with Crippen molar-refractivity contribution >= 4 is 11.8 Å². The largest absolute Gasteiger partial charge is 0.504 e. The molecule has 6 rings (SSSR count). The van der Waals surface area contributed by atoms with Crippen LogP contribution in [0.25, 0.3) is 0 Å². The van der Waals surface area contributed by atoms with Crippen molar-refractivity contribution in [3.63, 3.8) is 0 Å². The molecule has 6 N–H and O–H groups in total. The van der Waals surface area contributed by atoms with Gasteiger partial charge in [-0.1, -0.05) is 193 Å².